The minimum Gasteiger partial charge on any atom is -0.314 e. The summed E-state index contributed by atoms with van der Waals surface area (Å²) in [6, 6.07) is 0. The Hall–Kier alpha value is -0.0900. The highest BCUT2D eigenvalue weighted by Gasteiger charge is 2.27. The van der Waals surface area contributed by atoms with Crippen LogP contribution in [0.1, 0.15) is 12.8 Å². The normalized spacial score (nSPS) is 30.1. The quantitative estimate of drug-likeness (QED) is 0.643. The van der Waals surface area contributed by atoms with Gasteiger partial charge in [0.05, 0.1) is 11.0 Å². The molecule has 65 valence electrons. The minimum absolute atomic E-state index is 0.186. The number of rotatable bonds is 2. The van der Waals surface area contributed by atoms with E-state index in [-0.39, 0.29) is 11.0 Å². The van der Waals surface area contributed by atoms with Crippen LogP contribution in [0, 0.1) is 6.92 Å². The smallest absolute Gasteiger partial charge is 0.155 e. The summed E-state index contributed by atoms with van der Waals surface area (Å²) in [5.74, 6) is 0.289. The van der Waals surface area contributed by atoms with E-state index < -0.39 is 9.84 Å². The van der Waals surface area contributed by atoms with E-state index in [4.69, 9.17) is 0 Å². The lowest BCUT2D eigenvalue weighted by molar-refractivity contribution is 0.535. The molecule has 0 aliphatic carbocycles. The van der Waals surface area contributed by atoms with Gasteiger partial charge in [-0.2, -0.15) is 0 Å². The van der Waals surface area contributed by atoms with Crippen molar-refractivity contribution in [3.8, 4) is 0 Å². The van der Waals surface area contributed by atoms with Crippen LogP contribution in [0.5, 0.6) is 0 Å². The van der Waals surface area contributed by atoms with Crippen molar-refractivity contribution in [2.75, 3.05) is 18.8 Å². The Kier molecular flexibility index (Phi) is 2.90. The van der Waals surface area contributed by atoms with E-state index in [0.717, 1.165) is 0 Å². The van der Waals surface area contributed by atoms with Gasteiger partial charge in [0, 0.05) is 13.1 Å². The Morgan fingerprint density at radius 3 is 2.82 bits per heavy atom. The van der Waals surface area contributed by atoms with Crippen LogP contribution in [-0.2, 0) is 9.84 Å². The van der Waals surface area contributed by atoms with Crippen molar-refractivity contribution >= 4 is 9.84 Å². The first-order chi connectivity index (χ1) is 5.17. The summed E-state index contributed by atoms with van der Waals surface area (Å²) in [6.45, 7) is 4.87. The second-order valence-electron chi connectivity index (χ2n) is 2.84. The lowest BCUT2D eigenvalue weighted by Gasteiger charge is -2.22. The molecule has 4 heteroatoms. The fourth-order valence-corrected chi connectivity index (χ4v) is 2.94. The summed E-state index contributed by atoms with van der Waals surface area (Å²) >= 11 is 0. The molecule has 0 aromatic heterocycles. The summed E-state index contributed by atoms with van der Waals surface area (Å²) in [6.07, 6.45) is 1.39. The summed E-state index contributed by atoms with van der Waals surface area (Å²) in [4.78, 5) is 0. The molecule has 11 heavy (non-hydrogen) atoms. The maximum atomic E-state index is 11.3. The molecule has 0 bridgehead atoms. The molecule has 1 rings (SSSR count). The van der Waals surface area contributed by atoms with Crippen LogP contribution in [0.2, 0.25) is 0 Å². The van der Waals surface area contributed by atoms with Gasteiger partial charge in [-0.25, -0.2) is 8.42 Å². The number of hydrogen-bond donors (Lipinski definition) is 1. The number of sulfone groups is 1. The Morgan fingerprint density at radius 1 is 1.55 bits per heavy atom. The van der Waals surface area contributed by atoms with Gasteiger partial charge in [0.25, 0.3) is 0 Å². The molecule has 0 aromatic rings. The predicted molar refractivity (Wildman–Crippen MR) is 45.0 cm³/mol. The molecule has 0 aromatic carbocycles. The van der Waals surface area contributed by atoms with E-state index in [1.54, 1.807) is 0 Å². The van der Waals surface area contributed by atoms with Crippen LogP contribution in [0.4, 0.5) is 0 Å². The summed E-state index contributed by atoms with van der Waals surface area (Å²) in [7, 11) is -2.79. The molecule has 1 fully saturated rings. The molecule has 1 atom stereocenters. The van der Waals surface area contributed by atoms with Crippen molar-refractivity contribution in [1.82, 2.24) is 5.32 Å². The molecule has 1 radical (unpaired) electrons. The van der Waals surface area contributed by atoms with Crippen LogP contribution in [0.15, 0.2) is 0 Å². The van der Waals surface area contributed by atoms with Gasteiger partial charge < -0.3 is 5.32 Å². The van der Waals surface area contributed by atoms with Gasteiger partial charge in [-0.3, -0.25) is 0 Å². The van der Waals surface area contributed by atoms with Gasteiger partial charge in [-0.15, -0.1) is 0 Å². The molecule has 1 N–H and O–H groups in total. The zero-order valence-corrected chi connectivity index (χ0v) is 7.36. The van der Waals surface area contributed by atoms with Crippen LogP contribution in [-0.4, -0.2) is 32.5 Å². The first-order valence-corrected chi connectivity index (χ1v) is 5.60. The zero-order valence-electron chi connectivity index (χ0n) is 6.54. The molecular formula is C7H14NO2S. The van der Waals surface area contributed by atoms with Gasteiger partial charge in [0.2, 0.25) is 0 Å². The predicted octanol–water partition coefficient (Wildman–Crippen LogP) is -0.0127. The van der Waals surface area contributed by atoms with Crippen molar-refractivity contribution in [3.05, 3.63) is 6.92 Å². The lowest BCUT2D eigenvalue weighted by Crippen LogP contribution is -2.43. The average Bonchev–Trinajstić information content (AvgIpc) is 1.94. The van der Waals surface area contributed by atoms with Crippen molar-refractivity contribution in [1.29, 1.82) is 0 Å². The van der Waals surface area contributed by atoms with Gasteiger partial charge in [-0.1, -0.05) is 13.3 Å². The van der Waals surface area contributed by atoms with Gasteiger partial charge in [0.15, 0.2) is 9.84 Å². The fraction of sp³-hybridized carbons (Fsp3) is 0.857. The Bertz CT molecular complexity index is 208. The largest absolute Gasteiger partial charge is 0.314 e. The van der Waals surface area contributed by atoms with E-state index in [0.29, 0.717) is 25.9 Å². The van der Waals surface area contributed by atoms with Crippen molar-refractivity contribution in [2.24, 2.45) is 0 Å². The van der Waals surface area contributed by atoms with E-state index in [1.165, 1.54) is 0 Å². The molecule has 0 amide bonds. The SMILES string of the molecule is [CH2]CCC1CNCCS1(=O)=O. The van der Waals surface area contributed by atoms with Crippen molar-refractivity contribution in [2.45, 2.75) is 18.1 Å². The zero-order chi connectivity index (χ0) is 8.32. The summed E-state index contributed by atoms with van der Waals surface area (Å²) < 4.78 is 22.6. The third kappa shape index (κ3) is 2.17. The van der Waals surface area contributed by atoms with E-state index in [9.17, 15) is 8.42 Å². The first kappa shape index (κ1) is 9.00. The highest BCUT2D eigenvalue weighted by molar-refractivity contribution is 7.92. The second-order valence-corrected chi connectivity index (χ2v) is 5.24. The highest BCUT2D eigenvalue weighted by Crippen LogP contribution is 2.11. The molecule has 1 saturated heterocycles. The van der Waals surface area contributed by atoms with E-state index >= 15 is 0 Å². The topological polar surface area (TPSA) is 46.2 Å². The molecule has 1 unspecified atom stereocenters. The third-order valence-corrected chi connectivity index (χ3v) is 4.16. The lowest BCUT2D eigenvalue weighted by atomic mass is 10.2. The number of hydrogen-bond acceptors (Lipinski definition) is 3. The molecule has 0 saturated carbocycles. The van der Waals surface area contributed by atoms with Crippen LogP contribution < -0.4 is 5.32 Å². The summed E-state index contributed by atoms with van der Waals surface area (Å²) in [5, 5.41) is 2.88. The molecule has 3 nitrogen and oxygen atoms in total. The number of nitrogens with one attached hydrogen (secondary N) is 1. The van der Waals surface area contributed by atoms with Crippen molar-refractivity contribution < 1.29 is 8.42 Å². The van der Waals surface area contributed by atoms with Crippen LogP contribution in [0.25, 0.3) is 0 Å². The van der Waals surface area contributed by atoms with Crippen molar-refractivity contribution in [3.63, 3.8) is 0 Å². The van der Waals surface area contributed by atoms with Crippen LogP contribution in [0.3, 0.4) is 0 Å². The summed E-state index contributed by atoms with van der Waals surface area (Å²) in [5.41, 5.74) is 0. The van der Waals surface area contributed by atoms with Crippen LogP contribution >= 0.6 is 0 Å². The molecule has 1 aliphatic heterocycles. The maximum absolute atomic E-state index is 11.3. The Balaban J connectivity index is 2.60. The maximum Gasteiger partial charge on any atom is 0.155 e. The third-order valence-electron chi connectivity index (χ3n) is 1.97. The van der Waals surface area contributed by atoms with E-state index in [1.807, 2.05) is 0 Å². The average molecular weight is 176 g/mol. The monoisotopic (exact) mass is 176 g/mol. The molecule has 1 aliphatic rings. The molecule has 0 spiro atoms. The second kappa shape index (κ2) is 3.54. The Labute approximate surface area is 68.1 Å². The standard InChI is InChI=1S/C7H14NO2S/c1-2-3-7-6-8-4-5-11(7,9)10/h7-8H,1-6H2. The first-order valence-electron chi connectivity index (χ1n) is 3.88. The molecular weight excluding hydrogens is 162 g/mol. The Morgan fingerprint density at radius 2 is 2.27 bits per heavy atom. The minimum atomic E-state index is -2.79. The van der Waals surface area contributed by atoms with Gasteiger partial charge >= 0.3 is 0 Å². The van der Waals surface area contributed by atoms with E-state index in [2.05, 4.69) is 12.2 Å². The molecule has 1 heterocycles. The van der Waals surface area contributed by atoms with Gasteiger partial charge in [0.1, 0.15) is 0 Å². The highest BCUT2D eigenvalue weighted by atomic mass is 32.2. The van der Waals surface area contributed by atoms with Gasteiger partial charge in [-0.05, 0) is 6.42 Å². The fourth-order valence-electron chi connectivity index (χ4n) is 1.28.